The molecule has 0 amide bonds. The zero-order valence-electron chi connectivity index (χ0n) is 13.1. The summed E-state index contributed by atoms with van der Waals surface area (Å²) in [5.41, 5.74) is 10.7. The topological polar surface area (TPSA) is 60.9 Å². The van der Waals surface area contributed by atoms with E-state index in [1.54, 1.807) is 7.05 Å². The van der Waals surface area contributed by atoms with Crippen molar-refractivity contribution in [1.29, 1.82) is 0 Å². The molecule has 0 unspecified atom stereocenters. The molecule has 0 spiro atoms. The molecule has 0 atom stereocenters. The van der Waals surface area contributed by atoms with Gasteiger partial charge in [-0.2, -0.15) is 5.10 Å². The van der Waals surface area contributed by atoms with E-state index in [1.165, 1.54) is 4.68 Å². The maximum Gasteiger partial charge on any atom is 0.274 e. The fraction of sp³-hybridized carbons (Fsp3) is 0.222. The first kappa shape index (κ1) is 14.5. The predicted octanol–water partition coefficient (Wildman–Crippen LogP) is 2.68. The normalized spacial score (nSPS) is 11.1. The van der Waals surface area contributed by atoms with E-state index in [9.17, 15) is 4.79 Å². The molecule has 0 fully saturated rings. The largest absolute Gasteiger partial charge is 0.326 e. The van der Waals surface area contributed by atoms with E-state index < -0.39 is 0 Å². The van der Waals surface area contributed by atoms with Crippen molar-refractivity contribution >= 4 is 10.8 Å². The molecule has 112 valence electrons. The van der Waals surface area contributed by atoms with Gasteiger partial charge in [0.05, 0.1) is 11.1 Å². The van der Waals surface area contributed by atoms with Gasteiger partial charge in [0.15, 0.2) is 0 Å². The fourth-order valence-corrected chi connectivity index (χ4v) is 2.62. The number of rotatable bonds is 2. The standard InChI is InChI=1S/C18H19N3O/c1-11-8-15-16(9-12(11)2)18(22)21(3)20-17(15)14-6-4-13(10-19)5-7-14/h4-9H,10,19H2,1-3H3. The molecular formula is C18H19N3O. The lowest BCUT2D eigenvalue weighted by atomic mass is 9.99. The van der Waals surface area contributed by atoms with Gasteiger partial charge in [0.25, 0.3) is 5.56 Å². The molecule has 0 aliphatic rings. The van der Waals surface area contributed by atoms with Gasteiger partial charge in [-0.05, 0) is 42.7 Å². The SMILES string of the molecule is Cc1cc2c(-c3ccc(CN)cc3)nn(C)c(=O)c2cc1C. The average molecular weight is 293 g/mol. The number of nitrogens with two attached hydrogens (primary N) is 1. The molecule has 22 heavy (non-hydrogen) atoms. The second-order valence-electron chi connectivity index (χ2n) is 5.66. The van der Waals surface area contributed by atoms with Crippen LogP contribution in [0, 0.1) is 13.8 Å². The zero-order chi connectivity index (χ0) is 15.9. The maximum absolute atomic E-state index is 12.4. The van der Waals surface area contributed by atoms with Gasteiger partial charge in [-0.25, -0.2) is 4.68 Å². The molecule has 2 aromatic carbocycles. The van der Waals surface area contributed by atoms with Gasteiger partial charge in [0.2, 0.25) is 0 Å². The van der Waals surface area contributed by atoms with Crippen LogP contribution >= 0.6 is 0 Å². The molecule has 0 aliphatic heterocycles. The molecule has 0 aliphatic carbocycles. The lowest BCUT2D eigenvalue weighted by Crippen LogP contribution is -2.20. The van der Waals surface area contributed by atoms with E-state index in [2.05, 4.69) is 5.10 Å². The third-order valence-electron chi connectivity index (χ3n) is 4.13. The summed E-state index contributed by atoms with van der Waals surface area (Å²) >= 11 is 0. The summed E-state index contributed by atoms with van der Waals surface area (Å²) < 4.78 is 1.41. The Hall–Kier alpha value is -2.46. The van der Waals surface area contributed by atoms with Crippen molar-refractivity contribution in [2.45, 2.75) is 20.4 Å². The van der Waals surface area contributed by atoms with E-state index in [4.69, 9.17) is 5.73 Å². The number of fused-ring (bicyclic) bond motifs is 1. The third kappa shape index (κ3) is 2.31. The molecule has 3 rings (SSSR count). The molecule has 0 bridgehead atoms. The Balaban J connectivity index is 2.35. The Morgan fingerprint density at radius 1 is 1.05 bits per heavy atom. The van der Waals surface area contributed by atoms with Crippen LogP contribution in [0.15, 0.2) is 41.2 Å². The minimum Gasteiger partial charge on any atom is -0.326 e. The number of benzene rings is 2. The lowest BCUT2D eigenvalue weighted by molar-refractivity contribution is 0.722. The Labute approximate surface area is 129 Å². The molecule has 4 nitrogen and oxygen atoms in total. The van der Waals surface area contributed by atoms with Crippen LogP contribution < -0.4 is 11.3 Å². The minimum atomic E-state index is -0.0690. The van der Waals surface area contributed by atoms with Crippen LogP contribution in [0.1, 0.15) is 16.7 Å². The smallest absolute Gasteiger partial charge is 0.274 e. The summed E-state index contributed by atoms with van der Waals surface area (Å²) in [6, 6.07) is 12.0. The Bertz CT molecular complexity index is 908. The Morgan fingerprint density at radius 3 is 2.23 bits per heavy atom. The number of nitrogens with zero attached hydrogens (tertiary/aromatic N) is 2. The van der Waals surface area contributed by atoms with Crippen LogP contribution in [0.4, 0.5) is 0 Å². The van der Waals surface area contributed by atoms with Gasteiger partial charge in [-0.15, -0.1) is 0 Å². The number of aromatic nitrogens is 2. The molecule has 1 aromatic heterocycles. The highest BCUT2D eigenvalue weighted by molar-refractivity contribution is 5.94. The number of hydrogen-bond acceptors (Lipinski definition) is 3. The summed E-state index contributed by atoms with van der Waals surface area (Å²) in [5.74, 6) is 0. The molecule has 2 N–H and O–H groups in total. The van der Waals surface area contributed by atoms with Crippen LogP contribution in [0.3, 0.4) is 0 Å². The Kier molecular flexibility index (Phi) is 3.54. The van der Waals surface area contributed by atoms with Crippen molar-refractivity contribution in [3.05, 3.63) is 63.4 Å². The van der Waals surface area contributed by atoms with Gasteiger partial charge in [0.1, 0.15) is 0 Å². The average Bonchev–Trinajstić information content (AvgIpc) is 2.53. The first-order chi connectivity index (χ1) is 10.5. The van der Waals surface area contributed by atoms with Gasteiger partial charge in [0, 0.05) is 24.5 Å². The highest BCUT2D eigenvalue weighted by Gasteiger charge is 2.12. The quantitative estimate of drug-likeness (QED) is 0.790. The molecule has 0 saturated heterocycles. The molecule has 0 saturated carbocycles. The van der Waals surface area contributed by atoms with Gasteiger partial charge in [-0.3, -0.25) is 4.79 Å². The van der Waals surface area contributed by atoms with E-state index in [-0.39, 0.29) is 5.56 Å². The van der Waals surface area contributed by atoms with Crippen LogP contribution in [-0.2, 0) is 13.6 Å². The van der Waals surface area contributed by atoms with Crippen molar-refractivity contribution in [2.24, 2.45) is 12.8 Å². The highest BCUT2D eigenvalue weighted by atomic mass is 16.1. The minimum absolute atomic E-state index is 0.0690. The summed E-state index contributed by atoms with van der Waals surface area (Å²) in [6.45, 7) is 4.58. The van der Waals surface area contributed by atoms with Crippen molar-refractivity contribution in [3.8, 4) is 11.3 Å². The van der Waals surface area contributed by atoms with E-state index in [0.29, 0.717) is 11.9 Å². The molecule has 0 radical (unpaired) electrons. The predicted molar refractivity (Wildman–Crippen MR) is 89.8 cm³/mol. The van der Waals surface area contributed by atoms with Crippen molar-refractivity contribution in [2.75, 3.05) is 0 Å². The summed E-state index contributed by atoms with van der Waals surface area (Å²) in [4.78, 5) is 12.4. The zero-order valence-corrected chi connectivity index (χ0v) is 13.1. The van der Waals surface area contributed by atoms with E-state index in [1.807, 2.05) is 50.2 Å². The number of aryl methyl sites for hydroxylation is 3. The van der Waals surface area contributed by atoms with Crippen LogP contribution in [-0.4, -0.2) is 9.78 Å². The highest BCUT2D eigenvalue weighted by Crippen LogP contribution is 2.27. The Morgan fingerprint density at radius 2 is 1.64 bits per heavy atom. The first-order valence-corrected chi connectivity index (χ1v) is 7.29. The van der Waals surface area contributed by atoms with Gasteiger partial charge in [-0.1, -0.05) is 24.3 Å². The van der Waals surface area contributed by atoms with Crippen LogP contribution in [0.2, 0.25) is 0 Å². The van der Waals surface area contributed by atoms with Gasteiger partial charge >= 0.3 is 0 Å². The second-order valence-corrected chi connectivity index (χ2v) is 5.66. The van der Waals surface area contributed by atoms with E-state index >= 15 is 0 Å². The molecular weight excluding hydrogens is 274 g/mol. The van der Waals surface area contributed by atoms with Crippen molar-refractivity contribution in [3.63, 3.8) is 0 Å². The molecule has 1 heterocycles. The first-order valence-electron chi connectivity index (χ1n) is 7.29. The summed E-state index contributed by atoms with van der Waals surface area (Å²) in [6.07, 6.45) is 0. The van der Waals surface area contributed by atoms with Crippen LogP contribution in [0.25, 0.3) is 22.0 Å². The monoisotopic (exact) mass is 293 g/mol. The van der Waals surface area contributed by atoms with E-state index in [0.717, 1.165) is 33.3 Å². The fourth-order valence-electron chi connectivity index (χ4n) is 2.62. The lowest BCUT2D eigenvalue weighted by Gasteiger charge is -2.11. The maximum atomic E-state index is 12.4. The summed E-state index contributed by atoms with van der Waals surface area (Å²) in [7, 11) is 1.69. The third-order valence-corrected chi connectivity index (χ3v) is 4.13. The molecule has 4 heteroatoms. The van der Waals surface area contributed by atoms with Crippen LogP contribution in [0.5, 0.6) is 0 Å². The van der Waals surface area contributed by atoms with Crippen molar-refractivity contribution in [1.82, 2.24) is 9.78 Å². The summed E-state index contributed by atoms with van der Waals surface area (Å²) in [5, 5.41) is 6.07. The van der Waals surface area contributed by atoms with Gasteiger partial charge < -0.3 is 5.73 Å². The second kappa shape index (κ2) is 5.39. The molecule has 3 aromatic rings. The van der Waals surface area contributed by atoms with Crippen molar-refractivity contribution < 1.29 is 0 Å². The number of hydrogen-bond donors (Lipinski definition) is 1.